The molecule has 0 aliphatic rings. The van der Waals surface area contributed by atoms with E-state index in [1.165, 1.54) is 103 Å². The molecule has 0 unspecified atom stereocenters. The minimum Gasteiger partial charge on any atom is -0.466 e. The van der Waals surface area contributed by atoms with Gasteiger partial charge >= 0.3 is 5.97 Å². The minimum absolute atomic E-state index is 0.0129. The van der Waals surface area contributed by atoms with Gasteiger partial charge in [0, 0.05) is 6.42 Å². The Balaban J connectivity index is 3.12. The molecule has 2 heteroatoms. The highest BCUT2D eigenvalue weighted by molar-refractivity contribution is 5.69. The lowest BCUT2D eigenvalue weighted by molar-refractivity contribution is -0.143. The first kappa shape index (κ1) is 26.5. The fraction of sp³-hybridized carbons (Fsp3) is 0.960. The lowest BCUT2D eigenvalue weighted by Gasteiger charge is -2.06. The first-order chi connectivity index (χ1) is 13.2. The van der Waals surface area contributed by atoms with E-state index in [0.717, 1.165) is 18.8 Å². The molecule has 0 N–H and O–H groups in total. The number of hydrogen-bond donors (Lipinski definition) is 0. The van der Waals surface area contributed by atoms with Crippen LogP contribution >= 0.6 is 0 Å². The Labute approximate surface area is 171 Å². The summed E-state index contributed by atoms with van der Waals surface area (Å²) in [5.41, 5.74) is 0. The minimum atomic E-state index is 0.0129. The van der Waals surface area contributed by atoms with Gasteiger partial charge in [-0.25, -0.2) is 0 Å². The van der Waals surface area contributed by atoms with E-state index in [2.05, 4.69) is 20.8 Å². The number of carbonyl (C=O) groups excluding carboxylic acids is 1. The van der Waals surface area contributed by atoms with Crippen molar-refractivity contribution in [3.63, 3.8) is 0 Å². The van der Waals surface area contributed by atoms with Crippen molar-refractivity contribution in [3.8, 4) is 0 Å². The van der Waals surface area contributed by atoms with Crippen molar-refractivity contribution >= 4 is 5.97 Å². The maximum absolute atomic E-state index is 11.6. The molecule has 0 spiro atoms. The zero-order valence-corrected chi connectivity index (χ0v) is 19.0. The van der Waals surface area contributed by atoms with Crippen molar-refractivity contribution in [2.45, 2.75) is 143 Å². The second-order valence-corrected chi connectivity index (χ2v) is 8.81. The highest BCUT2D eigenvalue weighted by atomic mass is 16.5. The average molecular weight is 383 g/mol. The second-order valence-electron chi connectivity index (χ2n) is 8.81. The summed E-state index contributed by atoms with van der Waals surface area (Å²) in [5, 5.41) is 0. The van der Waals surface area contributed by atoms with Crippen LogP contribution in [0.15, 0.2) is 0 Å². The van der Waals surface area contributed by atoms with Gasteiger partial charge in [0.2, 0.25) is 0 Å². The van der Waals surface area contributed by atoms with Crippen LogP contribution in [0.25, 0.3) is 0 Å². The molecule has 0 radical (unpaired) electrons. The molecule has 27 heavy (non-hydrogen) atoms. The third kappa shape index (κ3) is 23.4. The summed E-state index contributed by atoms with van der Waals surface area (Å²) in [7, 11) is 0. The van der Waals surface area contributed by atoms with Gasteiger partial charge in [-0.2, -0.15) is 0 Å². The van der Waals surface area contributed by atoms with Gasteiger partial charge in [0.25, 0.3) is 0 Å². The normalized spacial score (nSPS) is 11.3. The van der Waals surface area contributed by atoms with Crippen LogP contribution in [-0.2, 0) is 9.53 Å². The second kappa shape index (κ2) is 21.8. The first-order valence-electron chi connectivity index (χ1n) is 12.3. The van der Waals surface area contributed by atoms with E-state index >= 15 is 0 Å². The van der Waals surface area contributed by atoms with Gasteiger partial charge in [0.1, 0.15) is 0 Å². The van der Waals surface area contributed by atoms with Crippen LogP contribution in [0.2, 0.25) is 0 Å². The van der Waals surface area contributed by atoms with Crippen LogP contribution in [0.5, 0.6) is 0 Å². The van der Waals surface area contributed by atoms with E-state index in [4.69, 9.17) is 4.74 Å². The third-order valence-corrected chi connectivity index (χ3v) is 5.42. The van der Waals surface area contributed by atoms with Crippen LogP contribution in [-0.4, -0.2) is 12.6 Å². The molecule has 0 aromatic rings. The molecule has 0 aromatic carbocycles. The van der Waals surface area contributed by atoms with E-state index in [9.17, 15) is 4.79 Å². The highest BCUT2D eigenvalue weighted by Crippen LogP contribution is 2.14. The fourth-order valence-corrected chi connectivity index (χ4v) is 3.55. The molecule has 2 nitrogen and oxygen atoms in total. The van der Waals surface area contributed by atoms with Crippen LogP contribution < -0.4 is 0 Å². The Bertz CT molecular complexity index is 299. The van der Waals surface area contributed by atoms with Gasteiger partial charge in [-0.15, -0.1) is 0 Å². The standard InChI is InChI=1S/C25H50O2/c1-4-5-6-7-16-19-22-25(26)27-23-20-17-14-12-10-8-9-11-13-15-18-21-24(2)3/h24H,4-23H2,1-3H3. The van der Waals surface area contributed by atoms with Crippen molar-refractivity contribution in [3.05, 3.63) is 0 Å². The molecular formula is C25H50O2. The molecule has 0 aromatic heterocycles. The van der Waals surface area contributed by atoms with E-state index in [-0.39, 0.29) is 5.97 Å². The van der Waals surface area contributed by atoms with Crippen molar-refractivity contribution in [2.24, 2.45) is 5.92 Å². The molecule has 0 aliphatic heterocycles. The van der Waals surface area contributed by atoms with Crippen molar-refractivity contribution in [1.29, 1.82) is 0 Å². The van der Waals surface area contributed by atoms with Crippen molar-refractivity contribution < 1.29 is 9.53 Å². The number of esters is 1. The molecular weight excluding hydrogens is 332 g/mol. The molecule has 0 aliphatic carbocycles. The monoisotopic (exact) mass is 382 g/mol. The van der Waals surface area contributed by atoms with Gasteiger partial charge in [-0.05, 0) is 18.8 Å². The largest absolute Gasteiger partial charge is 0.466 e. The summed E-state index contributed by atoms with van der Waals surface area (Å²) in [6.07, 6.45) is 24.1. The Morgan fingerprint density at radius 1 is 0.630 bits per heavy atom. The third-order valence-electron chi connectivity index (χ3n) is 5.42. The molecule has 0 fully saturated rings. The molecule has 0 saturated heterocycles. The smallest absolute Gasteiger partial charge is 0.305 e. The predicted molar refractivity (Wildman–Crippen MR) is 119 cm³/mol. The number of carbonyl (C=O) groups is 1. The summed E-state index contributed by atoms with van der Waals surface area (Å²) in [5.74, 6) is 0.882. The predicted octanol–water partition coefficient (Wildman–Crippen LogP) is 8.62. The molecule has 0 amide bonds. The van der Waals surface area contributed by atoms with Gasteiger partial charge in [0.15, 0.2) is 0 Å². The number of hydrogen-bond acceptors (Lipinski definition) is 2. The zero-order valence-electron chi connectivity index (χ0n) is 19.0. The van der Waals surface area contributed by atoms with Crippen molar-refractivity contribution in [2.75, 3.05) is 6.61 Å². The van der Waals surface area contributed by atoms with E-state index < -0.39 is 0 Å². The highest BCUT2D eigenvalue weighted by Gasteiger charge is 2.02. The van der Waals surface area contributed by atoms with Crippen LogP contribution in [0.1, 0.15) is 143 Å². The summed E-state index contributed by atoms with van der Waals surface area (Å²) in [4.78, 5) is 11.6. The maximum atomic E-state index is 11.6. The number of ether oxygens (including phenoxy) is 1. The number of rotatable bonds is 21. The molecule has 0 rings (SSSR count). The maximum Gasteiger partial charge on any atom is 0.305 e. The summed E-state index contributed by atoms with van der Waals surface area (Å²) in [6, 6.07) is 0. The Hall–Kier alpha value is -0.530. The van der Waals surface area contributed by atoms with Crippen LogP contribution in [0.4, 0.5) is 0 Å². The van der Waals surface area contributed by atoms with E-state index in [1.54, 1.807) is 0 Å². The van der Waals surface area contributed by atoms with Gasteiger partial charge in [-0.3, -0.25) is 4.79 Å². The Morgan fingerprint density at radius 3 is 1.59 bits per heavy atom. The summed E-state index contributed by atoms with van der Waals surface area (Å²) in [6.45, 7) is 7.50. The van der Waals surface area contributed by atoms with Crippen molar-refractivity contribution in [1.82, 2.24) is 0 Å². The molecule has 0 saturated carbocycles. The Kier molecular flexibility index (Phi) is 21.3. The van der Waals surface area contributed by atoms with E-state index in [1.807, 2.05) is 0 Å². The lowest BCUT2D eigenvalue weighted by atomic mass is 10.0. The molecule has 0 bridgehead atoms. The van der Waals surface area contributed by atoms with Crippen LogP contribution in [0, 0.1) is 5.92 Å². The van der Waals surface area contributed by atoms with Gasteiger partial charge in [0.05, 0.1) is 6.61 Å². The molecule has 162 valence electrons. The van der Waals surface area contributed by atoms with Gasteiger partial charge in [-0.1, -0.05) is 124 Å². The summed E-state index contributed by atoms with van der Waals surface area (Å²) >= 11 is 0. The number of unbranched alkanes of at least 4 members (excludes halogenated alkanes) is 15. The van der Waals surface area contributed by atoms with E-state index in [0.29, 0.717) is 13.0 Å². The molecule has 0 atom stereocenters. The fourth-order valence-electron chi connectivity index (χ4n) is 3.55. The zero-order chi connectivity index (χ0) is 20.0. The SMILES string of the molecule is CCCCCCCCC(=O)OCCCCCCCCCCCCCC(C)C. The average Bonchev–Trinajstić information content (AvgIpc) is 2.64. The topological polar surface area (TPSA) is 26.3 Å². The Morgan fingerprint density at radius 2 is 1.07 bits per heavy atom. The quantitative estimate of drug-likeness (QED) is 0.147. The van der Waals surface area contributed by atoms with Crippen LogP contribution in [0.3, 0.4) is 0 Å². The summed E-state index contributed by atoms with van der Waals surface area (Å²) < 4.78 is 5.34. The lowest BCUT2D eigenvalue weighted by Crippen LogP contribution is -2.05. The van der Waals surface area contributed by atoms with Gasteiger partial charge < -0.3 is 4.74 Å². The molecule has 0 heterocycles. The first-order valence-corrected chi connectivity index (χ1v) is 12.3.